The first-order valence-corrected chi connectivity index (χ1v) is 7.12. The standard InChI is InChI=1S/C13H14Cl2N2O3/c1-2-16(7-8-3-4-8)13(18)10-5-9(17(19)20)6-11(14)12(10)15/h5-6,8H,2-4,7H2,1H3. The Morgan fingerprint density at radius 3 is 2.60 bits per heavy atom. The van der Waals surface area contributed by atoms with E-state index in [1.54, 1.807) is 4.90 Å². The summed E-state index contributed by atoms with van der Waals surface area (Å²) in [6.45, 7) is 3.06. The average Bonchev–Trinajstić information content (AvgIpc) is 3.22. The molecular formula is C13H14Cl2N2O3. The third-order valence-electron chi connectivity index (χ3n) is 3.30. The van der Waals surface area contributed by atoms with Crippen LogP contribution in [0.15, 0.2) is 12.1 Å². The topological polar surface area (TPSA) is 63.5 Å². The fraction of sp³-hybridized carbons (Fsp3) is 0.462. The van der Waals surface area contributed by atoms with E-state index in [4.69, 9.17) is 23.2 Å². The zero-order valence-corrected chi connectivity index (χ0v) is 12.4. The van der Waals surface area contributed by atoms with E-state index in [9.17, 15) is 14.9 Å². The summed E-state index contributed by atoms with van der Waals surface area (Å²) < 4.78 is 0. The molecule has 0 unspecified atom stereocenters. The van der Waals surface area contributed by atoms with Gasteiger partial charge < -0.3 is 4.90 Å². The van der Waals surface area contributed by atoms with Crippen LogP contribution in [-0.4, -0.2) is 28.8 Å². The third kappa shape index (κ3) is 3.22. The molecule has 1 aromatic rings. The Hall–Kier alpha value is -1.33. The summed E-state index contributed by atoms with van der Waals surface area (Å²) in [5.74, 6) is 0.224. The molecule has 1 aliphatic rings. The number of rotatable bonds is 5. The predicted octanol–water partition coefficient (Wildman–Crippen LogP) is 3.77. The molecule has 1 amide bonds. The number of nitro groups is 1. The molecule has 20 heavy (non-hydrogen) atoms. The van der Waals surface area contributed by atoms with E-state index in [1.165, 1.54) is 6.07 Å². The van der Waals surface area contributed by atoms with Crippen LogP contribution < -0.4 is 0 Å². The summed E-state index contributed by atoms with van der Waals surface area (Å²) in [5.41, 5.74) is -0.140. The van der Waals surface area contributed by atoms with Crippen molar-refractivity contribution in [3.63, 3.8) is 0 Å². The van der Waals surface area contributed by atoms with Gasteiger partial charge in [-0.15, -0.1) is 0 Å². The van der Waals surface area contributed by atoms with Crippen LogP contribution in [-0.2, 0) is 0 Å². The summed E-state index contributed by atoms with van der Waals surface area (Å²) in [6, 6.07) is 2.34. The first kappa shape index (κ1) is 15.1. The average molecular weight is 317 g/mol. The van der Waals surface area contributed by atoms with E-state index in [1.807, 2.05) is 6.92 Å². The van der Waals surface area contributed by atoms with Gasteiger partial charge in [0, 0.05) is 25.2 Å². The Labute approximate surface area is 126 Å². The van der Waals surface area contributed by atoms with Gasteiger partial charge in [0.15, 0.2) is 0 Å². The highest BCUT2D eigenvalue weighted by Gasteiger charge is 2.28. The first-order valence-electron chi connectivity index (χ1n) is 6.36. The normalized spacial score (nSPS) is 14.2. The summed E-state index contributed by atoms with van der Waals surface area (Å²) in [4.78, 5) is 24.4. The molecule has 0 radical (unpaired) electrons. The van der Waals surface area contributed by atoms with E-state index in [0.717, 1.165) is 18.9 Å². The second-order valence-electron chi connectivity index (χ2n) is 4.83. The smallest absolute Gasteiger partial charge is 0.271 e. The Bertz CT molecular complexity index is 559. The van der Waals surface area contributed by atoms with Gasteiger partial charge in [0.25, 0.3) is 11.6 Å². The molecule has 1 aliphatic carbocycles. The number of amides is 1. The number of carbonyl (C=O) groups excluding carboxylic acids is 1. The maximum Gasteiger partial charge on any atom is 0.271 e. The second kappa shape index (κ2) is 5.97. The molecule has 0 bridgehead atoms. The maximum absolute atomic E-state index is 12.4. The molecule has 0 aromatic heterocycles. The highest BCUT2D eigenvalue weighted by Crippen LogP contribution is 2.33. The van der Waals surface area contributed by atoms with E-state index in [0.29, 0.717) is 19.0 Å². The van der Waals surface area contributed by atoms with Crippen molar-refractivity contribution in [1.82, 2.24) is 4.90 Å². The summed E-state index contributed by atoms with van der Waals surface area (Å²) >= 11 is 11.9. The van der Waals surface area contributed by atoms with Gasteiger partial charge in [-0.1, -0.05) is 23.2 Å². The van der Waals surface area contributed by atoms with Gasteiger partial charge in [0.1, 0.15) is 0 Å². The number of nitro benzene ring substituents is 1. The lowest BCUT2D eigenvalue weighted by Gasteiger charge is -2.21. The zero-order valence-electron chi connectivity index (χ0n) is 10.9. The van der Waals surface area contributed by atoms with Crippen LogP contribution >= 0.6 is 23.2 Å². The highest BCUT2D eigenvalue weighted by molar-refractivity contribution is 6.44. The number of halogens is 2. The molecule has 1 fully saturated rings. The quantitative estimate of drug-likeness (QED) is 0.613. The maximum atomic E-state index is 12.4. The molecule has 0 aliphatic heterocycles. The molecule has 0 atom stereocenters. The van der Waals surface area contributed by atoms with Crippen LogP contribution in [0.2, 0.25) is 10.0 Å². The van der Waals surface area contributed by atoms with Gasteiger partial charge in [0.2, 0.25) is 0 Å². The van der Waals surface area contributed by atoms with Crippen LogP contribution in [0.5, 0.6) is 0 Å². The molecule has 5 nitrogen and oxygen atoms in total. The Balaban J connectivity index is 2.33. The monoisotopic (exact) mass is 316 g/mol. The van der Waals surface area contributed by atoms with Crippen molar-refractivity contribution in [1.29, 1.82) is 0 Å². The molecule has 1 aromatic carbocycles. The minimum Gasteiger partial charge on any atom is -0.339 e. The van der Waals surface area contributed by atoms with Gasteiger partial charge in [-0.3, -0.25) is 14.9 Å². The number of benzene rings is 1. The molecule has 7 heteroatoms. The van der Waals surface area contributed by atoms with Crippen molar-refractivity contribution >= 4 is 34.8 Å². The number of nitrogens with zero attached hydrogens (tertiary/aromatic N) is 2. The molecule has 0 saturated heterocycles. The van der Waals surface area contributed by atoms with Crippen LogP contribution in [0.3, 0.4) is 0 Å². The van der Waals surface area contributed by atoms with E-state index < -0.39 is 4.92 Å². The van der Waals surface area contributed by atoms with Crippen LogP contribution in [0, 0.1) is 16.0 Å². The largest absolute Gasteiger partial charge is 0.339 e. The van der Waals surface area contributed by atoms with E-state index >= 15 is 0 Å². The van der Waals surface area contributed by atoms with Crippen molar-refractivity contribution in [2.45, 2.75) is 19.8 Å². The van der Waals surface area contributed by atoms with Crippen molar-refractivity contribution in [2.24, 2.45) is 5.92 Å². The molecule has 1 saturated carbocycles. The summed E-state index contributed by atoms with van der Waals surface area (Å²) in [7, 11) is 0. The molecule has 0 N–H and O–H groups in total. The molecule has 0 spiro atoms. The van der Waals surface area contributed by atoms with Gasteiger partial charge in [0.05, 0.1) is 20.5 Å². The van der Waals surface area contributed by atoms with Crippen molar-refractivity contribution < 1.29 is 9.72 Å². The first-order chi connectivity index (χ1) is 9.43. The number of carbonyl (C=O) groups is 1. The van der Waals surface area contributed by atoms with Crippen molar-refractivity contribution in [3.8, 4) is 0 Å². The molecular weight excluding hydrogens is 303 g/mol. The zero-order chi connectivity index (χ0) is 14.9. The van der Waals surface area contributed by atoms with Gasteiger partial charge >= 0.3 is 0 Å². The number of hydrogen-bond donors (Lipinski definition) is 0. The lowest BCUT2D eigenvalue weighted by molar-refractivity contribution is -0.384. The summed E-state index contributed by atoms with van der Waals surface area (Å²) in [6.07, 6.45) is 2.24. The van der Waals surface area contributed by atoms with Gasteiger partial charge in [-0.25, -0.2) is 0 Å². The van der Waals surface area contributed by atoms with Gasteiger partial charge in [-0.2, -0.15) is 0 Å². The lowest BCUT2D eigenvalue weighted by atomic mass is 10.1. The minimum absolute atomic E-state index is 0.0201. The Kier molecular flexibility index (Phi) is 4.50. The van der Waals surface area contributed by atoms with E-state index in [2.05, 4.69) is 0 Å². The summed E-state index contributed by atoms with van der Waals surface area (Å²) in [5, 5.41) is 10.9. The van der Waals surface area contributed by atoms with Crippen LogP contribution in [0.25, 0.3) is 0 Å². The fourth-order valence-electron chi connectivity index (χ4n) is 1.97. The Morgan fingerprint density at radius 2 is 2.10 bits per heavy atom. The second-order valence-corrected chi connectivity index (χ2v) is 5.62. The van der Waals surface area contributed by atoms with Crippen LogP contribution in [0.1, 0.15) is 30.1 Å². The lowest BCUT2D eigenvalue weighted by Crippen LogP contribution is -2.33. The fourth-order valence-corrected chi connectivity index (χ4v) is 2.38. The third-order valence-corrected chi connectivity index (χ3v) is 4.10. The SMILES string of the molecule is CCN(CC1CC1)C(=O)c1cc([N+](=O)[O-])cc(Cl)c1Cl. The van der Waals surface area contributed by atoms with Crippen molar-refractivity contribution in [3.05, 3.63) is 37.9 Å². The number of non-ortho nitro benzene ring substituents is 1. The van der Waals surface area contributed by atoms with E-state index in [-0.39, 0.29) is 27.2 Å². The van der Waals surface area contributed by atoms with Gasteiger partial charge in [-0.05, 0) is 25.7 Å². The molecule has 108 valence electrons. The van der Waals surface area contributed by atoms with Crippen LogP contribution in [0.4, 0.5) is 5.69 Å². The number of hydrogen-bond acceptors (Lipinski definition) is 3. The highest BCUT2D eigenvalue weighted by atomic mass is 35.5. The minimum atomic E-state index is -0.587. The Morgan fingerprint density at radius 1 is 1.45 bits per heavy atom. The predicted molar refractivity (Wildman–Crippen MR) is 77.4 cm³/mol. The van der Waals surface area contributed by atoms with Crippen molar-refractivity contribution in [2.75, 3.05) is 13.1 Å². The molecule has 2 rings (SSSR count). The molecule has 0 heterocycles.